The van der Waals surface area contributed by atoms with Crippen molar-refractivity contribution < 1.29 is 19.0 Å². The van der Waals surface area contributed by atoms with E-state index in [1.54, 1.807) is 24.5 Å². The maximum absolute atomic E-state index is 14.3. The van der Waals surface area contributed by atoms with Crippen LogP contribution in [-0.2, 0) is 9.53 Å². The summed E-state index contributed by atoms with van der Waals surface area (Å²) in [4.78, 5) is 36.5. The number of aromatic nitrogens is 2. The number of aryl methyl sites for hydroxylation is 2. The van der Waals surface area contributed by atoms with E-state index in [2.05, 4.69) is 43.1 Å². The molecule has 0 fully saturated rings. The van der Waals surface area contributed by atoms with Crippen LogP contribution in [0.2, 0.25) is 0 Å². The zero-order chi connectivity index (χ0) is 29.8. The number of nitrogens with one attached hydrogen (secondary N) is 1. The molecule has 7 rings (SSSR count). The van der Waals surface area contributed by atoms with Gasteiger partial charge in [0, 0.05) is 16.5 Å². The molecule has 1 unspecified atom stereocenters. The van der Waals surface area contributed by atoms with Crippen molar-refractivity contribution in [3.05, 3.63) is 114 Å². The molecule has 2 aliphatic heterocycles. The minimum absolute atomic E-state index is 0.120. The first kappa shape index (κ1) is 27.0. The van der Waals surface area contributed by atoms with Gasteiger partial charge in [-0.1, -0.05) is 59.4 Å². The second kappa shape index (κ2) is 10.4. The molecule has 3 aromatic carbocycles. The monoisotopic (exact) mass is 591 g/mol. The summed E-state index contributed by atoms with van der Waals surface area (Å²) in [6.07, 6.45) is 1.95. The highest BCUT2D eigenvalue weighted by atomic mass is 32.1. The number of carbonyl (C=O) groups is 1. The van der Waals surface area contributed by atoms with Gasteiger partial charge in [0.2, 0.25) is 6.79 Å². The fourth-order valence-electron chi connectivity index (χ4n) is 5.98. The average Bonchev–Trinajstić information content (AvgIpc) is 3.69. The van der Waals surface area contributed by atoms with E-state index in [9.17, 15) is 9.59 Å². The summed E-state index contributed by atoms with van der Waals surface area (Å²) in [7, 11) is 0. The van der Waals surface area contributed by atoms with E-state index in [-0.39, 0.29) is 19.0 Å². The van der Waals surface area contributed by atoms with Crippen LogP contribution in [0.3, 0.4) is 0 Å². The SMILES string of the molecule is CCOC(=O)C1=C(C)N=c2sc(=Cc3c(-c4ccccc4)[nH]c4c(C)cc(C)cc34)c(=O)n2C1c1ccc2c(c1)OCO2. The highest BCUT2D eigenvalue weighted by Crippen LogP contribution is 2.38. The van der Waals surface area contributed by atoms with Crippen LogP contribution in [0, 0.1) is 13.8 Å². The molecule has 1 atom stereocenters. The predicted molar refractivity (Wildman–Crippen MR) is 166 cm³/mol. The summed E-state index contributed by atoms with van der Waals surface area (Å²) in [5, 5.41) is 1.04. The fraction of sp³-hybridized carbons (Fsp3) is 0.206. The lowest BCUT2D eigenvalue weighted by molar-refractivity contribution is -0.139. The van der Waals surface area contributed by atoms with Crippen molar-refractivity contribution in [3.8, 4) is 22.8 Å². The number of ether oxygens (including phenoxy) is 3. The summed E-state index contributed by atoms with van der Waals surface area (Å²) >= 11 is 1.31. The van der Waals surface area contributed by atoms with Crippen molar-refractivity contribution in [1.82, 2.24) is 9.55 Å². The summed E-state index contributed by atoms with van der Waals surface area (Å²) < 4.78 is 18.7. The van der Waals surface area contributed by atoms with Crippen LogP contribution < -0.4 is 24.4 Å². The van der Waals surface area contributed by atoms with Gasteiger partial charge in [0.1, 0.15) is 0 Å². The molecule has 0 radical (unpaired) electrons. The van der Waals surface area contributed by atoms with Crippen molar-refractivity contribution in [2.75, 3.05) is 13.4 Å². The molecule has 2 aromatic heterocycles. The molecule has 0 spiro atoms. The third kappa shape index (κ3) is 4.47. The zero-order valence-corrected chi connectivity index (χ0v) is 25.0. The quantitative estimate of drug-likeness (QED) is 0.280. The molecule has 0 saturated heterocycles. The van der Waals surface area contributed by atoms with E-state index in [4.69, 9.17) is 19.2 Å². The number of fused-ring (bicyclic) bond motifs is 3. The molecule has 4 heterocycles. The number of thiazole rings is 1. The van der Waals surface area contributed by atoms with Gasteiger partial charge in [-0.3, -0.25) is 9.36 Å². The molecule has 0 bridgehead atoms. The molecule has 9 heteroatoms. The molecular weight excluding hydrogens is 562 g/mol. The van der Waals surface area contributed by atoms with Gasteiger partial charge in [-0.15, -0.1) is 0 Å². The molecule has 0 saturated carbocycles. The highest BCUT2D eigenvalue weighted by Gasteiger charge is 2.34. The van der Waals surface area contributed by atoms with E-state index in [0.717, 1.165) is 38.9 Å². The number of carbonyl (C=O) groups excluding carboxylic acids is 1. The number of nitrogens with zero attached hydrogens (tertiary/aromatic N) is 2. The standard InChI is InChI=1S/C34H29N3O5S/c1-5-40-33(39)28-20(4)35-34-37(31(28)22-11-12-25-26(15-22)42-17-41-25)32(38)27(43-34)16-24-23-14-18(2)13-19(3)29(23)36-30(24)21-9-7-6-8-10-21/h6-16,31,36H,5,17H2,1-4H3. The highest BCUT2D eigenvalue weighted by molar-refractivity contribution is 7.07. The van der Waals surface area contributed by atoms with Crippen LogP contribution in [0.25, 0.3) is 28.2 Å². The number of hydrogen-bond acceptors (Lipinski definition) is 7. The first-order valence-corrected chi connectivity index (χ1v) is 14.9. The van der Waals surface area contributed by atoms with E-state index in [1.165, 1.54) is 11.3 Å². The van der Waals surface area contributed by atoms with Crippen LogP contribution in [-0.4, -0.2) is 28.9 Å². The average molecular weight is 592 g/mol. The normalized spacial score (nSPS) is 16.0. The molecular formula is C34H29N3O5S. The molecule has 0 amide bonds. The largest absolute Gasteiger partial charge is 0.463 e. The molecule has 1 N–H and O–H groups in total. The van der Waals surface area contributed by atoms with Crippen LogP contribution in [0.15, 0.2) is 81.7 Å². The van der Waals surface area contributed by atoms with Gasteiger partial charge >= 0.3 is 5.97 Å². The topological polar surface area (TPSA) is 94.9 Å². The Morgan fingerprint density at radius 2 is 1.88 bits per heavy atom. The van der Waals surface area contributed by atoms with E-state index < -0.39 is 12.0 Å². The molecule has 216 valence electrons. The van der Waals surface area contributed by atoms with Crippen LogP contribution in [0.1, 0.15) is 42.1 Å². The van der Waals surface area contributed by atoms with Gasteiger partial charge in [-0.05, 0) is 68.7 Å². The van der Waals surface area contributed by atoms with Crippen LogP contribution in [0.4, 0.5) is 0 Å². The fourth-order valence-corrected chi connectivity index (χ4v) is 7.00. The maximum Gasteiger partial charge on any atom is 0.338 e. The number of benzene rings is 3. The number of hydrogen-bond donors (Lipinski definition) is 1. The lowest BCUT2D eigenvalue weighted by Gasteiger charge is -2.24. The third-order valence-corrected chi connectivity index (χ3v) is 8.84. The second-order valence-electron chi connectivity index (χ2n) is 10.7. The Bertz CT molecular complexity index is 2150. The molecule has 5 aromatic rings. The molecule has 43 heavy (non-hydrogen) atoms. The maximum atomic E-state index is 14.3. The van der Waals surface area contributed by atoms with Gasteiger partial charge in [-0.25, -0.2) is 9.79 Å². The molecule has 8 nitrogen and oxygen atoms in total. The first-order chi connectivity index (χ1) is 20.8. The van der Waals surface area contributed by atoms with Crippen molar-refractivity contribution in [2.24, 2.45) is 4.99 Å². The lowest BCUT2D eigenvalue weighted by Crippen LogP contribution is -2.39. The van der Waals surface area contributed by atoms with Crippen molar-refractivity contribution in [2.45, 2.75) is 33.7 Å². The summed E-state index contributed by atoms with van der Waals surface area (Å²) in [5.74, 6) is 0.678. The van der Waals surface area contributed by atoms with Gasteiger partial charge < -0.3 is 19.2 Å². The van der Waals surface area contributed by atoms with Crippen LogP contribution in [0.5, 0.6) is 11.5 Å². The number of allylic oxidation sites excluding steroid dienone is 1. The smallest absolute Gasteiger partial charge is 0.338 e. The lowest BCUT2D eigenvalue weighted by atomic mass is 9.95. The Balaban J connectivity index is 1.48. The third-order valence-electron chi connectivity index (χ3n) is 7.86. The second-order valence-corrected chi connectivity index (χ2v) is 11.7. The Morgan fingerprint density at radius 1 is 1.09 bits per heavy atom. The minimum Gasteiger partial charge on any atom is -0.463 e. The van der Waals surface area contributed by atoms with Gasteiger partial charge in [0.15, 0.2) is 16.3 Å². The van der Waals surface area contributed by atoms with Crippen LogP contribution >= 0.6 is 11.3 Å². The van der Waals surface area contributed by atoms with Gasteiger partial charge in [0.05, 0.1) is 34.1 Å². The van der Waals surface area contributed by atoms with Crippen molar-refractivity contribution >= 4 is 34.3 Å². The Hall–Kier alpha value is -4.89. The first-order valence-electron chi connectivity index (χ1n) is 14.1. The van der Waals surface area contributed by atoms with Crippen molar-refractivity contribution in [3.63, 3.8) is 0 Å². The van der Waals surface area contributed by atoms with Crippen molar-refractivity contribution in [1.29, 1.82) is 0 Å². The summed E-state index contributed by atoms with van der Waals surface area (Å²) in [6.45, 7) is 8.02. The van der Waals surface area contributed by atoms with Gasteiger partial charge in [0.25, 0.3) is 5.56 Å². The Labute approximate surface area is 251 Å². The summed E-state index contributed by atoms with van der Waals surface area (Å²) in [5.41, 5.74) is 7.49. The predicted octanol–water partition coefficient (Wildman–Crippen LogP) is 5.29. The number of rotatable bonds is 5. The Morgan fingerprint density at radius 3 is 2.67 bits per heavy atom. The summed E-state index contributed by atoms with van der Waals surface area (Å²) in [6, 6.07) is 19.1. The zero-order valence-electron chi connectivity index (χ0n) is 24.2. The van der Waals surface area contributed by atoms with E-state index in [0.29, 0.717) is 37.7 Å². The minimum atomic E-state index is -0.743. The number of H-pyrrole nitrogens is 1. The van der Waals surface area contributed by atoms with Gasteiger partial charge in [-0.2, -0.15) is 0 Å². The van der Waals surface area contributed by atoms with E-state index in [1.807, 2.05) is 36.4 Å². The Kier molecular flexibility index (Phi) is 6.54. The molecule has 0 aliphatic carbocycles. The number of esters is 1. The van der Waals surface area contributed by atoms with E-state index >= 15 is 0 Å². The number of aromatic amines is 1. The molecule has 2 aliphatic rings.